The fourth-order valence-electron chi connectivity index (χ4n) is 2.28. The number of hydrogen-bond acceptors (Lipinski definition) is 3. The van der Waals surface area contributed by atoms with Crippen molar-refractivity contribution in [1.29, 1.82) is 0 Å². The quantitative estimate of drug-likeness (QED) is 0.920. The van der Waals surface area contributed by atoms with E-state index in [-0.39, 0.29) is 22.5 Å². The maximum Gasteiger partial charge on any atom is 0.227 e. The zero-order valence-corrected chi connectivity index (χ0v) is 13.0. The number of halogens is 2. The Hall–Kier alpha value is -1.18. The highest BCUT2D eigenvalue weighted by molar-refractivity contribution is 7.88. The number of benzene rings is 1. The number of piperidine rings is 1. The van der Waals surface area contributed by atoms with Crippen LogP contribution in [0.15, 0.2) is 18.2 Å². The molecule has 2 rings (SSSR count). The molecule has 1 fully saturated rings. The summed E-state index contributed by atoms with van der Waals surface area (Å²) in [5.74, 6) is -1.31. The molecule has 5 nitrogen and oxygen atoms in total. The lowest BCUT2D eigenvalue weighted by Gasteiger charge is -2.29. The highest BCUT2D eigenvalue weighted by Crippen LogP contribution is 2.25. The van der Waals surface area contributed by atoms with E-state index in [1.54, 1.807) is 6.07 Å². The lowest BCUT2D eigenvalue weighted by Crippen LogP contribution is -2.40. The average Bonchev–Trinajstić information content (AvgIpc) is 2.43. The standard InChI is InChI=1S/C13H16ClFN2O3S/c1-21(19,20)17-7-5-9(6-8-17)13(18)16-11-4-2-3-10(14)12(11)15/h2-4,9H,5-8H2,1H3,(H,16,18). The van der Waals surface area contributed by atoms with Gasteiger partial charge in [0.05, 0.1) is 17.0 Å². The Morgan fingerprint density at radius 1 is 1.38 bits per heavy atom. The van der Waals surface area contributed by atoms with Gasteiger partial charge in [0.15, 0.2) is 5.82 Å². The van der Waals surface area contributed by atoms with E-state index in [0.717, 1.165) is 6.26 Å². The summed E-state index contributed by atoms with van der Waals surface area (Å²) in [6.45, 7) is 0.601. The van der Waals surface area contributed by atoms with E-state index in [0.29, 0.717) is 25.9 Å². The molecule has 0 atom stereocenters. The third-order valence-electron chi connectivity index (χ3n) is 3.50. The molecule has 1 amide bonds. The minimum absolute atomic E-state index is 0.0399. The van der Waals surface area contributed by atoms with Gasteiger partial charge in [0.2, 0.25) is 15.9 Å². The monoisotopic (exact) mass is 334 g/mol. The van der Waals surface area contributed by atoms with Gasteiger partial charge in [0.1, 0.15) is 0 Å². The summed E-state index contributed by atoms with van der Waals surface area (Å²) in [6, 6.07) is 4.38. The van der Waals surface area contributed by atoms with Gasteiger partial charge in [-0.15, -0.1) is 0 Å². The second-order valence-corrected chi connectivity index (χ2v) is 7.42. The van der Waals surface area contributed by atoms with Crippen LogP contribution in [0.25, 0.3) is 0 Å². The maximum atomic E-state index is 13.7. The highest BCUT2D eigenvalue weighted by atomic mass is 35.5. The summed E-state index contributed by atoms with van der Waals surface area (Å²) in [6.07, 6.45) is 1.98. The van der Waals surface area contributed by atoms with Crippen LogP contribution in [0, 0.1) is 11.7 Å². The molecule has 0 spiro atoms. The Bertz CT molecular complexity index is 643. The first-order chi connectivity index (χ1) is 9.79. The van der Waals surface area contributed by atoms with Crippen molar-refractivity contribution in [2.45, 2.75) is 12.8 Å². The molecule has 1 N–H and O–H groups in total. The van der Waals surface area contributed by atoms with Crippen LogP contribution in [0.5, 0.6) is 0 Å². The zero-order chi connectivity index (χ0) is 15.6. The Labute approximate surface area is 128 Å². The summed E-state index contributed by atoms with van der Waals surface area (Å²) in [7, 11) is -3.22. The number of carbonyl (C=O) groups is 1. The summed E-state index contributed by atoms with van der Waals surface area (Å²) in [5, 5.41) is 2.45. The average molecular weight is 335 g/mol. The fourth-order valence-corrected chi connectivity index (χ4v) is 3.33. The van der Waals surface area contributed by atoms with Crippen molar-refractivity contribution in [3.8, 4) is 0 Å². The van der Waals surface area contributed by atoms with Crippen LogP contribution >= 0.6 is 11.6 Å². The van der Waals surface area contributed by atoms with E-state index >= 15 is 0 Å². The van der Waals surface area contributed by atoms with Crippen LogP contribution in [0.2, 0.25) is 5.02 Å². The molecule has 116 valence electrons. The molecule has 1 aliphatic rings. The predicted octanol–water partition coefficient (Wildman–Crippen LogP) is 2.09. The molecule has 1 saturated heterocycles. The van der Waals surface area contributed by atoms with E-state index in [1.165, 1.54) is 16.4 Å². The zero-order valence-electron chi connectivity index (χ0n) is 11.5. The third kappa shape index (κ3) is 3.93. The fraction of sp³-hybridized carbons (Fsp3) is 0.462. The van der Waals surface area contributed by atoms with Crippen LogP contribution < -0.4 is 5.32 Å². The maximum absolute atomic E-state index is 13.7. The highest BCUT2D eigenvalue weighted by Gasteiger charge is 2.29. The van der Waals surface area contributed by atoms with Gasteiger partial charge in [-0.25, -0.2) is 17.1 Å². The first-order valence-electron chi connectivity index (χ1n) is 6.49. The molecule has 1 aromatic rings. The van der Waals surface area contributed by atoms with Gasteiger partial charge in [-0.1, -0.05) is 17.7 Å². The number of anilines is 1. The minimum atomic E-state index is -3.22. The lowest BCUT2D eigenvalue weighted by atomic mass is 9.97. The molecule has 21 heavy (non-hydrogen) atoms. The molecule has 0 aromatic heterocycles. The molecule has 1 aliphatic heterocycles. The van der Waals surface area contributed by atoms with Crippen molar-refractivity contribution in [3.63, 3.8) is 0 Å². The number of rotatable bonds is 3. The second kappa shape index (κ2) is 6.29. The van der Waals surface area contributed by atoms with Crippen molar-refractivity contribution in [1.82, 2.24) is 4.31 Å². The Morgan fingerprint density at radius 2 is 2.00 bits per heavy atom. The van der Waals surface area contributed by atoms with Crippen molar-refractivity contribution < 1.29 is 17.6 Å². The Kier molecular flexibility index (Phi) is 4.85. The first kappa shape index (κ1) is 16.2. The van der Waals surface area contributed by atoms with Gasteiger partial charge in [0.25, 0.3) is 0 Å². The SMILES string of the molecule is CS(=O)(=O)N1CCC(C(=O)Nc2cccc(Cl)c2F)CC1. The molecular weight excluding hydrogens is 319 g/mol. The van der Waals surface area contributed by atoms with E-state index < -0.39 is 15.8 Å². The largest absolute Gasteiger partial charge is 0.323 e. The molecule has 0 radical (unpaired) electrons. The molecule has 1 aromatic carbocycles. The molecule has 8 heteroatoms. The van der Waals surface area contributed by atoms with Crippen LogP contribution in [0.3, 0.4) is 0 Å². The van der Waals surface area contributed by atoms with E-state index in [9.17, 15) is 17.6 Å². The third-order valence-corrected chi connectivity index (χ3v) is 5.10. The first-order valence-corrected chi connectivity index (χ1v) is 8.71. The van der Waals surface area contributed by atoms with Crippen molar-refractivity contribution in [3.05, 3.63) is 29.0 Å². The Morgan fingerprint density at radius 3 is 2.57 bits per heavy atom. The van der Waals surface area contributed by atoms with Gasteiger partial charge in [-0.3, -0.25) is 4.79 Å². The summed E-state index contributed by atoms with van der Waals surface area (Å²) in [4.78, 5) is 12.1. The Balaban J connectivity index is 1.98. The molecular formula is C13H16ClFN2O3S. The van der Waals surface area contributed by atoms with Crippen molar-refractivity contribution in [2.24, 2.45) is 5.92 Å². The molecule has 0 bridgehead atoms. The normalized spacial score (nSPS) is 17.7. The molecule has 0 unspecified atom stereocenters. The lowest BCUT2D eigenvalue weighted by molar-refractivity contribution is -0.120. The van der Waals surface area contributed by atoms with Crippen LogP contribution in [0.1, 0.15) is 12.8 Å². The van der Waals surface area contributed by atoms with Crippen molar-refractivity contribution >= 4 is 33.2 Å². The predicted molar refractivity (Wildman–Crippen MR) is 79.2 cm³/mol. The number of amides is 1. The summed E-state index contributed by atoms with van der Waals surface area (Å²) < 4.78 is 37.9. The number of sulfonamides is 1. The number of carbonyl (C=O) groups excluding carboxylic acids is 1. The summed E-state index contributed by atoms with van der Waals surface area (Å²) in [5.41, 5.74) is 0.0399. The smallest absolute Gasteiger partial charge is 0.227 e. The second-order valence-electron chi connectivity index (χ2n) is 5.03. The van der Waals surface area contributed by atoms with E-state index in [2.05, 4.69) is 5.32 Å². The topological polar surface area (TPSA) is 66.5 Å². The van der Waals surface area contributed by atoms with Gasteiger partial charge in [-0.2, -0.15) is 0 Å². The van der Waals surface area contributed by atoms with Gasteiger partial charge in [-0.05, 0) is 25.0 Å². The van der Waals surface area contributed by atoms with Gasteiger partial charge < -0.3 is 5.32 Å². The van der Waals surface area contributed by atoms with E-state index in [4.69, 9.17) is 11.6 Å². The van der Waals surface area contributed by atoms with Crippen LogP contribution in [0.4, 0.5) is 10.1 Å². The number of hydrogen-bond donors (Lipinski definition) is 1. The molecule has 0 saturated carbocycles. The van der Waals surface area contributed by atoms with E-state index in [1.807, 2.05) is 0 Å². The van der Waals surface area contributed by atoms with Gasteiger partial charge >= 0.3 is 0 Å². The van der Waals surface area contributed by atoms with Crippen molar-refractivity contribution in [2.75, 3.05) is 24.7 Å². The summed E-state index contributed by atoms with van der Waals surface area (Å²) >= 11 is 5.65. The molecule has 0 aliphatic carbocycles. The number of nitrogens with zero attached hydrogens (tertiary/aromatic N) is 1. The molecule has 1 heterocycles. The van der Waals surface area contributed by atoms with Gasteiger partial charge in [0, 0.05) is 19.0 Å². The van der Waals surface area contributed by atoms with Crippen LogP contribution in [-0.2, 0) is 14.8 Å². The minimum Gasteiger partial charge on any atom is -0.323 e. The van der Waals surface area contributed by atoms with Crippen LogP contribution in [-0.4, -0.2) is 38.0 Å². The number of nitrogens with one attached hydrogen (secondary N) is 1.